The van der Waals surface area contributed by atoms with Crippen molar-refractivity contribution < 1.29 is 0 Å². The van der Waals surface area contributed by atoms with Gasteiger partial charge in [0.25, 0.3) is 0 Å². The van der Waals surface area contributed by atoms with Gasteiger partial charge in [0.05, 0.1) is 5.69 Å². The molecule has 0 aliphatic carbocycles. The summed E-state index contributed by atoms with van der Waals surface area (Å²) in [5.74, 6) is 5.13. The number of anilines is 1. The highest BCUT2D eigenvalue weighted by atomic mass is 16.1. The topological polar surface area (TPSA) is 55.1 Å². The Kier molecular flexibility index (Phi) is 2.23. The van der Waals surface area contributed by atoms with Crippen LogP contribution in [-0.2, 0) is 0 Å². The number of hydrogen-bond acceptors (Lipinski definition) is 3. The molecule has 1 rings (SSSR count). The summed E-state index contributed by atoms with van der Waals surface area (Å²) < 4.78 is 0. The first kappa shape index (κ1) is 7.75. The zero-order valence-corrected chi connectivity index (χ0v) is 6.29. The monoisotopic (exact) mass is 150 g/mol. The van der Waals surface area contributed by atoms with Crippen LogP contribution in [0.2, 0.25) is 0 Å². The van der Waals surface area contributed by atoms with E-state index < -0.39 is 0 Å². The van der Waals surface area contributed by atoms with E-state index in [4.69, 9.17) is 5.84 Å². The van der Waals surface area contributed by atoms with Crippen LogP contribution in [0.25, 0.3) is 0 Å². The van der Waals surface area contributed by atoms with E-state index in [-0.39, 0.29) is 5.43 Å². The Labute approximate surface area is 64.8 Å². The molecule has 0 unspecified atom stereocenters. The predicted molar refractivity (Wildman–Crippen MR) is 45.3 cm³/mol. The van der Waals surface area contributed by atoms with Crippen LogP contribution in [0.5, 0.6) is 0 Å². The van der Waals surface area contributed by atoms with Gasteiger partial charge in [-0.3, -0.25) is 10.6 Å². The van der Waals surface area contributed by atoms with Crippen molar-refractivity contribution in [3.8, 4) is 0 Å². The standard InChI is InChI=1S/C8H10N2O/c1-6-4-2-3-5-7(10-9)8(6)11/h2-5H,9H2,1H3,(H,10,11). The Hall–Kier alpha value is -1.35. The van der Waals surface area contributed by atoms with Gasteiger partial charge in [0.2, 0.25) is 5.43 Å². The van der Waals surface area contributed by atoms with Crippen molar-refractivity contribution in [3.63, 3.8) is 0 Å². The van der Waals surface area contributed by atoms with Gasteiger partial charge in [-0.2, -0.15) is 0 Å². The minimum atomic E-state index is -0.0579. The van der Waals surface area contributed by atoms with Crippen LogP contribution in [0.1, 0.15) is 5.56 Å². The molecule has 0 spiro atoms. The first-order valence-electron chi connectivity index (χ1n) is 3.32. The van der Waals surface area contributed by atoms with Crippen LogP contribution in [0.15, 0.2) is 29.1 Å². The molecule has 0 amide bonds. The lowest BCUT2D eigenvalue weighted by molar-refractivity contribution is 1.32. The zero-order chi connectivity index (χ0) is 8.27. The Bertz CT molecular complexity index is 309. The second-order valence-electron chi connectivity index (χ2n) is 2.29. The van der Waals surface area contributed by atoms with Gasteiger partial charge < -0.3 is 5.43 Å². The minimum Gasteiger partial charge on any atom is -0.321 e. The average Bonchev–Trinajstić information content (AvgIpc) is 2.16. The molecule has 1 aromatic carbocycles. The van der Waals surface area contributed by atoms with E-state index in [0.29, 0.717) is 11.3 Å². The van der Waals surface area contributed by atoms with Crippen LogP contribution in [0.4, 0.5) is 5.69 Å². The largest absolute Gasteiger partial charge is 0.321 e. The first-order chi connectivity index (χ1) is 5.25. The van der Waals surface area contributed by atoms with Gasteiger partial charge in [0, 0.05) is 0 Å². The molecule has 0 radical (unpaired) electrons. The average molecular weight is 150 g/mol. The third-order valence-corrected chi connectivity index (χ3v) is 1.48. The molecule has 0 fully saturated rings. The molecular weight excluding hydrogens is 140 g/mol. The number of nitrogens with one attached hydrogen (secondary N) is 1. The predicted octanol–water partition coefficient (Wildman–Crippen LogP) is 0.641. The number of hydrogen-bond donors (Lipinski definition) is 2. The van der Waals surface area contributed by atoms with E-state index in [1.807, 2.05) is 0 Å². The number of rotatable bonds is 1. The number of nitrogen functional groups attached to an aromatic ring is 1. The molecule has 0 heterocycles. The second kappa shape index (κ2) is 3.16. The summed E-state index contributed by atoms with van der Waals surface area (Å²) >= 11 is 0. The van der Waals surface area contributed by atoms with Gasteiger partial charge in [-0.05, 0) is 18.6 Å². The molecule has 11 heavy (non-hydrogen) atoms. The number of nitrogens with two attached hydrogens (primary N) is 1. The van der Waals surface area contributed by atoms with Crippen LogP contribution in [0.3, 0.4) is 0 Å². The van der Waals surface area contributed by atoms with Gasteiger partial charge in [-0.25, -0.2) is 0 Å². The summed E-state index contributed by atoms with van der Waals surface area (Å²) in [6.07, 6.45) is 0. The van der Waals surface area contributed by atoms with Gasteiger partial charge in [-0.15, -0.1) is 0 Å². The summed E-state index contributed by atoms with van der Waals surface area (Å²) in [7, 11) is 0. The number of aryl methyl sites for hydroxylation is 1. The van der Waals surface area contributed by atoms with Gasteiger partial charge in [0.1, 0.15) is 0 Å². The Morgan fingerprint density at radius 2 is 2.00 bits per heavy atom. The SMILES string of the molecule is Cc1ccccc(NN)c1=O. The van der Waals surface area contributed by atoms with E-state index >= 15 is 0 Å². The van der Waals surface area contributed by atoms with E-state index in [1.54, 1.807) is 31.2 Å². The fraction of sp³-hybridized carbons (Fsp3) is 0.125. The number of hydrazine groups is 1. The van der Waals surface area contributed by atoms with Gasteiger partial charge in [-0.1, -0.05) is 18.2 Å². The maximum absolute atomic E-state index is 11.3. The summed E-state index contributed by atoms with van der Waals surface area (Å²) in [4.78, 5) is 11.3. The summed E-state index contributed by atoms with van der Waals surface area (Å²) in [5, 5.41) is 0. The molecule has 0 aliphatic rings. The molecule has 0 aromatic heterocycles. The maximum atomic E-state index is 11.3. The van der Waals surface area contributed by atoms with Crippen molar-refractivity contribution in [3.05, 3.63) is 40.1 Å². The molecule has 0 aliphatic heterocycles. The van der Waals surface area contributed by atoms with E-state index in [9.17, 15) is 4.79 Å². The van der Waals surface area contributed by atoms with Crippen molar-refractivity contribution in [2.45, 2.75) is 6.92 Å². The third-order valence-electron chi connectivity index (χ3n) is 1.48. The molecule has 0 bridgehead atoms. The van der Waals surface area contributed by atoms with Crippen molar-refractivity contribution in [2.75, 3.05) is 5.43 Å². The quantitative estimate of drug-likeness (QED) is 0.456. The van der Waals surface area contributed by atoms with Crippen molar-refractivity contribution in [1.29, 1.82) is 0 Å². The molecule has 1 aromatic rings. The van der Waals surface area contributed by atoms with Crippen LogP contribution in [0, 0.1) is 6.92 Å². The fourth-order valence-electron chi connectivity index (χ4n) is 0.829. The minimum absolute atomic E-state index is 0.0579. The Morgan fingerprint density at radius 1 is 1.36 bits per heavy atom. The third kappa shape index (κ3) is 1.56. The van der Waals surface area contributed by atoms with Crippen molar-refractivity contribution in [1.82, 2.24) is 0 Å². The lowest BCUT2D eigenvalue weighted by Gasteiger charge is -1.92. The lowest BCUT2D eigenvalue weighted by Crippen LogP contribution is -2.15. The summed E-state index contributed by atoms with van der Waals surface area (Å²) in [5.41, 5.74) is 3.39. The molecule has 3 heteroatoms. The highest BCUT2D eigenvalue weighted by Gasteiger charge is 1.94. The van der Waals surface area contributed by atoms with E-state index in [1.165, 1.54) is 0 Å². The molecule has 3 N–H and O–H groups in total. The normalized spacial score (nSPS) is 9.27. The highest BCUT2D eigenvalue weighted by molar-refractivity contribution is 5.42. The smallest absolute Gasteiger partial charge is 0.205 e. The molecule has 0 saturated heterocycles. The highest BCUT2D eigenvalue weighted by Crippen LogP contribution is 1.96. The van der Waals surface area contributed by atoms with Gasteiger partial charge in [0.15, 0.2) is 0 Å². The zero-order valence-electron chi connectivity index (χ0n) is 6.29. The van der Waals surface area contributed by atoms with Crippen LogP contribution >= 0.6 is 0 Å². The summed E-state index contributed by atoms with van der Waals surface area (Å²) in [6, 6.07) is 6.97. The first-order valence-corrected chi connectivity index (χ1v) is 3.32. The second-order valence-corrected chi connectivity index (χ2v) is 2.29. The van der Waals surface area contributed by atoms with Crippen LogP contribution < -0.4 is 16.7 Å². The molecule has 0 atom stereocenters. The van der Waals surface area contributed by atoms with Crippen LogP contribution in [-0.4, -0.2) is 0 Å². The van der Waals surface area contributed by atoms with E-state index in [0.717, 1.165) is 0 Å². The summed E-state index contributed by atoms with van der Waals surface area (Å²) in [6.45, 7) is 1.75. The Morgan fingerprint density at radius 3 is 2.64 bits per heavy atom. The molecule has 58 valence electrons. The molecule has 3 nitrogen and oxygen atoms in total. The van der Waals surface area contributed by atoms with Crippen molar-refractivity contribution in [2.24, 2.45) is 5.84 Å². The van der Waals surface area contributed by atoms with Gasteiger partial charge >= 0.3 is 0 Å². The Balaban J connectivity index is 3.42. The molecular formula is C8H10N2O. The van der Waals surface area contributed by atoms with E-state index in [2.05, 4.69) is 5.43 Å². The van der Waals surface area contributed by atoms with Crippen molar-refractivity contribution >= 4 is 5.69 Å². The maximum Gasteiger partial charge on any atom is 0.205 e. The fourth-order valence-corrected chi connectivity index (χ4v) is 0.829. The molecule has 0 saturated carbocycles. The lowest BCUT2D eigenvalue weighted by atomic mass is 10.3.